The van der Waals surface area contributed by atoms with E-state index < -0.39 is 0 Å². The van der Waals surface area contributed by atoms with Crippen molar-refractivity contribution in [2.75, 3.05) is 40.4 Å². The van der Waals surface area contributed by atoms with E-state index in [0.29, 0.717) is 18.1 Å². The van der Waals surface area contributed by atoms with E-state index in [-0.39, 0.29) is 10.6 Å². The van der Waals surface area contributed by atoms with Crippen molar-refractivity contribution in [2.45, 2.75) is 34.0 Å². The summed E-state index contributed by atoms with van der Waals surface area (Å²) < 4.78 is 12.6. The van der Waals surface area contributed by atoms with Crippen LogP contribution in [-0.2, 0) is 13.2 Å². The number of nitrogens with zero attached hydrogens (tertiary/aromatic N) is 3. The molecule has 3 rings (SSSR count). The zero-order chi connectivity index (χ0) is 21.1. The Morgan fingerprint density at radius 1 is 1.07 bits per heavy atom. The second-order valence-electron chi connectivity index (χ2n) is 7.74. The predicted molar refractivity (Wildman–Crippen MR) is 108 cm³/mol. The van der Waals surface area contributed by atoms with Crippen LogP contribution in [0.5, 0.6) is 11.5 Å². The summed E-state index contributed by atoms with van der Waals surface area (Å²) in [7, 11) is 3.32. The molecular weight excluding hydrogens is 374 g/mol. The summed E-state index contributed by atoms with van der Waals surface area (Å²) in [5, 5.41) is 15.6. The number of hydrogen-bond acceptors (Lipinski definition) is 5. The molecule has 1 fully saturated rings. The van der Waals surface area contributed by atoms with Crippen LogP contribution in [0, 0.1) is 30.9 Å². The minimum atomic E-state index is -0.336. The first kappa shape index (κ1) is 21.1. The van der Waals surface area contributed by atoms with Crippen molar-refractivity contribution < 1.29 is 24.2 Å². The van der Waals surface area contributed by atoms with Crippen LogP contribution >= 0.6 is 0 Å². The average molecular weight is 405 g/mol. The van der Waals surface area contributed by atoms with Crippen LogP contribution in [0.3, 0.4) is 0 Å². The lowest BCUT2D eigenvalue weighted by Crippen LogP contribution is -3.27. The summed E-state index contributed by atoms with van der Waals surface area (Å²) >= 11 is 0. The normalized spacial score (nSPS) is 19.2. The van der Waals surface area contributed by atoms with E-state index in [1.54, 1.807) is 32.7 Å². The van der Waals surface area contributed by atoms with E-state index in [2.05, 4.69) is 18.1 Å². The Kier molecular flexibility index (Phi) is 6.39. The number of methoxy groups -OCH3 is 2. The maximum Gasteiger partial charge on any atom is 0.312 e. The van der Waals surface area contributed by atoms with Crippen LogP contribution in [0.25, 0.3) is 0 Å². The Bertz CT molecular complexity index is 887. The number of aromatic nitrogens is 2. The van der Waals surface area contributed by atoms with Crippen molar-refractivity contribution in [1.29, 1.82) is 0 Å². The average Bonchev–Trinajstić information content (AvgIpc) is 2.97. The Labute approximate surface area is 171 Å². The highest BCUT2D eigenvalue weighted by Gasteiger charge is 2.27. The van der Waals surface area contributed by atoms with Gasteiger partial charge < -0.3 is 19.3 Å². The van der Waals surface area contributed by atoms with Gasteiger partial charge in [-0.05, 0) is 38.5 Å². The number of nitro groups is 1. The number of hydrogen-bond donors (Lipinski definition) is 2. The largest absolute Gasteiger partial charge is 0.493 e. The van der Waals surface area contributed by atoms with Gasteiger partial charge in [-0.3, -0.25) is 10.1 Å². The summed E-state index contributed by atoms with van der Waals surface area (Å²) in [5.74, 6) is 1.53. The first-order chi connectivity index (χ1) is 13.8. The zero-order valence-electron chi connectivity index (χ0n) is 17.9. The maximum atomic E-state index is 11.2. The molecule has 0 spiro atoms. The van der Waals surface area contributed by atoms with Gasteiger partial charge >= 0.3 is 5.69 Å². The minimum Gasteiger partial charge on any atom is -0.493 e. The lowest BCUT2D eigenvalue weighted by Gasteiger charge is -2.30. The second kappa shape index (κ2) is 8.79. The highest BCUT2D eigenvalue weighted by atomic mass is 16.6. The number of benzene rings is 1. The van der Waals surface area contributed by atoms with Crippen molar-refractivity contribution >= 4 is 5.69 Å². The highest BCUT2D eigenvalue weighted by molar-refractivity contribution is 5.46. The Balaban J connectivity index is 1.60. The number of rotatable bonds is 7. The fraction of sp³-hybridized carbons (Fsp3) is 0.550. The molecule has 2 heterocycles. The SMILES string of the molecule is COc1cc(C)c(C[NH+]2CC[NH+](Cn3nc(C)c([N+](=O)[O-])c3C)CC2)cc1OC. The van der Waals surface area contributed by atoms with E-state index in [0.717, 1.165) is 44.2 Å². The lowest BCUT2D eigenvalue weighted by molar-refractivity contribution is -1.03. The van der Waals surface area contributed by atoms with E-state index in [9.17, 15) is 10.1 Å². The van der Waals surface area contributed by atoms with Crippen molar-refractivity contribution in [1.82, 2.24) is 9.78 Å². The first-order valence-electron chi connectivity index (χ1n) is 9.91. The number of nitrogens with one attached hydrogen (secondary N) is 2. The second-order valence-corrected chi connectivity index (χ2v) is 7.74. The zero-order valence-corrected chi connectivity index (χ0v) is 17.9. The van der Waals surface area contributed by atoms with Crippen LogP contribution in [0.15, 0.2) is 12.1 Å². The molecule has 0 aliphatic carbocycles. The molecule has 0 radical (unpaired) electrons. The summed E-state index contributed by atoms with van der Waals surface area (Å²) in [6.45, 7) is 11.3. The van der Waals surface area contributed by atoms with Gasteiger partial charge in [0.15, 0.2) is 18.2 Å². The smallest absolute Gasteiger partial charge is 0.312 e. The molecule has 158 valence electrons. The fourth-order valence-electron chi connectivity index (χ4n) is 4.09. The molecular formula is C20H31N5O4+2. The van der Waals surface area contributed by atoms with Crippen LogP contribution in [0.4, 0.5) is 5.69 Å². The van der Waals surface area contributed by atoms with Gasteiger partial charge in [-0.1, -0.05) is 0 Å². The van der Waals surface area contributed by atoms with E-state index in [1.165, 1.54) is 20.9 Å². The third kappa shape index (κ3) is 4.51. The van der Waals surface area contributed by atoms with Gasteiger partial charge in [-0.15, -0.1) is 0 Å². The number of ether oxygens (including phenoxy) is 2. The standard InChI is InChI=1S/C20H29N5O4/c1-14-10-18(28-4)19(29-5)11-17(14)12-22-6-8-23(9-7-22)13-24-16(3)20(25(26)27)15(2)21-24/h10-11H,6-9,12-13H2,1-5H3/p+2. The minimum absolute atomic E-state index is 0.137. The predicted octanol–water partition coefficient (Wildman–Crippen LogP) is -0.325. The van der Waals surface area contributed by atoms with Crippen molar-refractivity contribution in [2.24, 2.45) is 0 Å². The Morgan fingerprint density at radius 2 is 1.66 bits per heavy atom. The van der Waals surface area contributed by atoms with Gasteiger partial charge in [0.25, 0.3) is 0 Å². The van der Waals surface area contributed by atoms with Crippen LogP contribution in [0.1, 0.15) is 22.5 Å². The molecule has 0 saturated carbocycles. The van der Waals surface area contributed by atoms with Gasteiger partial charge in [0.2, 0.25) is 0 Å². The molecule has 0 unspecified atom stereocenters. The molecule has 29 heavy (non-hydrogen) atoms. The van der Waals surface area contributed by atoms with Crippen LogP contribution in [-0.4, -0.2) is 55.1 Å². The molecule has 1 aromatic carbocycles. The van der Waals surface area contributed by atoms with Gasteiger partial charge in [0, 0.05) is 5.56 Å². The van der Waals surface area contributed by atoms with Crippen LogP contribution < -0.4 is 19.3 Å². The number of quaternary nitrogens is 2. The molecule has 9 nitrogen and oxygen atoms in total. The third-order valence-electron chi connectivity index (χ3n) is 5.85. The third-order valence-corrected chi connectivity index (χ3v) is 5.85. The summed E-state index contributed by atoms with van der Waals surface area (Å²) in [6, 6.07) is 4.11. The van der Waals surface area contributed by atoms with Crippen molar-refractivity contribution in [3.63, 3.8) is 0 Å². The molecule has 1 aromatic heterocycles. The van der Waals surface area contributed by atoms with Crippen molar-refractivity contribution in [3.8, 4) is 11.5 Å². The van der Waals surface area contributed by atoms with Crippen molar-refractivity contribution in [3.05, 3.63) is 44.8 Å². The molecule has 1 aliphatic heterocycles. The molecule has 0 atom stereocenters. The molecule has 9 heteroatoms. The molecule has 1 aliphatic rings. The highest BCUT2D eigenvalue weighted by Crippen LogP contribution is 2.29. The van der Waals surface area contributed by atoms with Gasteiger partial charge in [-0.2, -0.15) is 5.10 Å². The van der Waals surface area contributed by atoms with E-state index in [1.807, 2.05) is 6.07 Å². The van der Waals surface area contributed by atoms with Crippen LogP contribution in [0.2, 0.25) is 0 Å². The molecule has 1 saturated heterocycles. The first-order valence-corrected chi connectivity index (χ1v) is 9.91. The summed E-state index contributed by atoms with van der Waals surface area (Å²) in [6.07, 6.45) is 0. The molecule has 2 N–H and O–H groups in total. The lowest BCUT2D eigenvalue weighted by atomic mass is 10.1. The Morgan fingerprint density at radius 3 is 2.21 bits per heavy atom. The van der Waals surface area contributed by atoms with E-state index >= 15 is 0 Å². The molecule has 0 bridgehead atoms. The van der Waals surface area contributed by atoms with Gasteiger partial charge in [-0.25, -0.2) is 4.68 Å². The van der Waals surface area contributed by atoms with E-state index in [4.69, 9.17) is 9.47 Å². The topological polar surface area (TPSA) is 88.3 Å². The van der Waals surface area contributed by atoms with Gasteiger partial charge in [0.1, 0.15) is 44.1 Å². The summed E-state index contributed by atoms with van der Waals surface area (Å²) in [4.78, 5) is 13.8. The molecule has 0 amide bonds. The monoisotopic (exact) mass is 405 g/mol. The number of aryl methyl sites for hydroxylation is 2. The Hall–Kier alpha value is -2.65. The fourth-order valence-corrected chi connectivity index (χ4v) is 4.09. The molecule has 2 aromatic rings. The maximum absolute atomic E-state index is 11.2. The van der Waals surface area contributed by atoms with Gasteiger partial charge in [0.05, 0.1) is 19.1 Å². The quantitative estimate of drug-likeness (QED) is 0.487. The summed E-state index contributed by atoms with van der Waals surface area (Å²) in [5.41, 5.74) is 3.74. The number of piperazine rings is 1.